The van der Waals surface area contributed by atoms with Crippen LogP contribution in [0.15, 0.2) is 30.3 Å². The summed E-state index contributed by atoms with van der Waals surface area (Å²) in [7, 11) is 0. The number of para-hydroxylation sites is 1. The first-order chi connectivity index (χ1) is 16.8. The van der Waals surface area contributed by atoms with Crippen LogP contribution in [0.3, 0.4) is 0 Å². The number of hydrogen-bond donors (Lipinski definition) is 3. The normalized spacial score (nSPS) is 32.1. The van der Waals surface area contributed by atoms with E-state index in [0.29, 0.717) is 18.7 Å². The molecule has 0 aromatic heterocycles. The Labute approximate surface area is 212 Å². The Morgan fingerprint density at radius 1 is 1.23 bits per heavy atom. The summed E-state index contributed by atoms with van der Waals surface area (Å²) < 4.78 is -0.666. The maximum absolute atomic E-state index is 14.2. The van der Waals surface area contributed by atoms with Gasteiger partial charge >= 0.3 is 0 Å². The molecule has 3 aliphatic rings. The molecule has 7 atom stereocenters. The third-order valence-electron chi connectivity index (χ3n) is 7.95. The fraction of sp³-hybridized carbons (Fsp3) is 0.667. The van der Waals surface area contributed by atoms with Gasteiger partial charge in [-0.3, -0.25) is 14.4 Å². The molecule has 3 fully saturated rings. The molecule has 3 saturated heterocycles. The number of aliphatic hydroxyl groups is 1. The minimum Gasteiger partial charge on any atom is -0.394 e. The number of likely N-dealkylation sites (tertiary alicyclic amines) is 1. The predicted octanol–water partition coefficient (Wildman–Crippen LogP) is 3.29. The molecule has 192 valence electrons. The second kappa shape index (κ2) is 10.5. The fourth-order valence-corrected chi connectivity index (χ4v) is 8.91. The fourth-order valence-electron chi connectivity index (χ4n) is 6.50. The molecular weight excluding hydrogens is 462 g/mol. The number of fused-ring (bicyclic) bond motifs is 1. The molecular formula is C27H39N3O4S. The van der Waals surface area contributed by atoms with Crippen molar-refractivity contribution in [2.45, 2.75) is 75.5 Å². The number of amides is 3. The molecule has 35 heavy (non-hydrogen) atoms. The number of nitrogens with one attached hydrogen (secondary N) is 2. The van der Waals surface area contributed by atoms with Gasteiger partial charge in [-0.1, -0.05) is 52.3 Å². The topological polar surface area (TPSA) is 98.7 Å². The molecule has 1 aromatic carbocycles. The Hall–Kier alpha value is -2.06. The monoisotopic (exact) mass is 501 g/mol. The third-order valence-corrected chi connectivity index (χ3v) is 10.0. The first-order valence-corrected chi connectivity index (χ1v) is 13.9. The van der Waals surface area contributed by atoms with Gasteiger partial charge in [-0.05, 0) is 43.2 Å². The van der Waals surface area contributed by atoms with E-state index >= 15 is 0 Å². The van der Waals surface area contributed by atoms with Gasteiger partial charge in [0.05, 0.1) is 29.2 Å². The van der Waals surface area contributed by atoms with E-state index in [1.165, 1.54) is 0 Å². The van der Waals surface area contributed by atoms with Gasteiger partial charge in [-0.25, -0.2) is 0 Å². The molecule has 2 bridgehead atoms. The smallest absolute Gasteiger partial charge is 0.244 e. The predicted molar refractivity (Wildman–Crippen MR) is 139 cm³/mol. The number of carbonyl (C=O) groups is 3. The van der Waals surface area contributed by atoms with Gasteiger partial charge < -0.3 is 20.6 Å². The van der Waals surface area contributed by atoms with E-state index in [0.717, 1.165) is 19.3 Å². The number of rotatable bonds is 10. The molecule has 0 aliphatic carbocycles. The van der Waals surface area contributed by atoms with Crippen LogP contribution >= 0.6 is 11.8 Å². The number of benzene rings is 1. The zero-order chi connectivity index (χ0) is 25.3. The molecule has 3 heterocycles. The van der Waals surface area contributed by atoms with Crippen molar-refractivity contribution in [3.8, 4) is 0 Å². The number of nitrogens with zero attached hydrogens (tertiary/aromatic N) is 1. The van der Waals surface area contributed by atoms with Crippen LogP contribution in [-0.2, 0) is 14.4 Å². The molecule has 3 unspecified atom stereocenters. The second-order valence-corrected chi connectivity index (χ2v) is 12.3. The van der Waals surface area contributed by atoms with E-state index in [9.17, 15) is 19.5 Å². The summed E-state index contributed by atoms with van der Waals surface area (Å²) >= 11 is 1.67. The lowest BCUT2D eigenvalue weighted by molar-refractivity contribution is -0.142. The van der Waals surface area contributed by atoms with Crippen molar-refractivity contribution in [1.29, 1.82) is 0 Å². The third kappa shape index (κ3) is 4.48. The van der Waals surface area contributed by atoms with Crippen molar-refractivity contribution < 1.29 is 19.5 Å². The van der Waals surface area contributed by atoms with Crippen LogP contribution in [0.2, 0.25) is 0 Å². The lowest BCUT2D eigenvalue weighted by atomic mass is 9.66. The SMILES string of the molecule is CCCCNC(=O)C1N([C@@H](CO)CC(C)C)C(=O)[C@@H]2[C@H](C(=O)Nc3ccccc3)[C@@H]3CC(C)C12S3. The minimum atomic E-state index is -0.688. The van der Waals surface area contributed by atoms with Crippen LogP contribution in [-0.4, -0.2) is 63.0 Å². The molecule has 3 N–H and O–H groups in total. The molecule has 3 amide bonds. The summed E-state index contributed by atoms with van der Waals surface area (Å²) in [6, 6.07) is 8.17. The van der Waals surface area contributed by atoms with Gasteiger partial charge in [-0.15, -0.1) is 11.8 Å². The van der Waals surface area contributed by atoms with Gasteiger partial charge in [-0.2, -0.15) is 0 Å². The lowest BCUT2D eigenvalue weighted by Crippen LogP contribution is -2.58. The first kappa shape index (κ1) is 26.0. The zero-order valence-electron chi connectivity index (χ0n) is 21.2. The summed E-state index contributed by atoms with van der Waals surface area (Å²) in [5, 5.41) is 16.4. The van der Waals surface area contributed by atoms with Crippen LogP contribution in [0.4, 0.5) is 5.69 Å². The van der Waals surface area contributed by atoms with E-state index in [2.05, 4.69) is 38.3 Å². The first-order valence-electron chi connectivity index (χ1n) is 13.0. The largest absolute Gasteiger partial charge is 0.394 e. The summed E-state index contributed by atoms with van der Waals surface area (Å²) in [5.74, 6) is -1.18. The highest BCUT2D eigenvalue weighted by atomic mass is 32.2. The van der Waals surface area contributed by atoms with E-state index in [1.54, 1.807) is 16.7 Å². The van der Waals surface area contributed by atoms with Crippen LogP contribution in [0.25, 0.3) is 0 Å². The summed E-state index contributed by atoms with van der Waals surface area (Å²) in [6.07, 6.45) is 3.23. The summed E-state index contributed by atoms with van der Waals surface area (Å²) in [5.41, 5.74) is 0.705. The Balaban J connectivity index is 1.71. The highest BCUT2D eigenvalue weighted by molar-refractivity contribution is 8.02. The maximum atomic E-state index is 14.2. The number of aliphatic hydroxyl groups excluding tert-OH is 1. The van der Waals surface area contributed by atoms with E-state index < -0.39 is 28.7 Å². The molecule has 7 nitrogen and oxygen atoms in total. The summed E-state index contributed by atoms with van der Waals surface area (Å²) in [4.78, 5) is 43.1. The number of unbranched alkanes of at least 4 members (excludes halogenated alkanes) is 1. The molecule has 4 rings (SSSR count). The van der Waals surface area contributed by atoms with Crippen molar-refractivity contribution >= 4 is 35.2 Å². The molecule has 0 radical (unpaired) electrons. The van der Waals surface area contributed by atoms with Crippen molar-refractivity contribution in [3.05, 3.63) is 30.3 Å². The number of anilines is 1. The Morgan fingerprint density at radius 2 is 1.94 bits per heavy atom. The minimum absolute atomic E-state index is 0.00608. The Kier molecular flexibility index (Phi) is 7.81. The van der Waals surface area contributed by atoms with Crippen molar-refractivity contribution in [1.82, 2.24) is 10.2 Å². The van der Waals surface area contributed by atoms with Crippen LogP contribution in [0.5, 0.6) is 0 Å². The van der Waals surface area contributed by atoms with E-state index in [-0.39, 0.29) is 41.4 Å². The van der Waals surface area contributed by atoms with E-state index in [4.69, 9.17) is 0 Å². The number of carbonyl (C=O) groups excluding carboxylic acids is 3. The van der Waals surface area contributed by atoms with Crippen LogP contribution < -0.4 is 10.6 Å². The van der Waals surface area contributed by atoms with Gasteiger partial charge in [0.2, 0.25) is 17.7 Å². The molecule has 1 spiro atoms. The lowest BCUT2D eigenvalue weighted by Gasteiger charge is -2.40. The number of hydrogen-bond acceptors (Lipinski definition) is 5. The highest BCUT2D eigenvalue weighted by Gasteiger charge is 2.76. The van der Waals surface area contributed by atoms with E-state index in [1.807, 2.05) is 30.3 Å². The number of thioether (sulfide) groups is 1. The average molecular weight is 502 g/mol. The van der Waals surface area contributed by atoms with Crippen LogP contribution in [0.1, 0.15) is 53.4 Å². The Morgan fingerprint density at radius 3 is 2.57 bits per heavy atom. The van der Waals surface area contributed by atoms with Gasteiger partial charge in [0.1, 0.15) is 6.04 Å². The Bertz CT molecular complexity index is 942. The van der Waals surface area contributed by atoms with Gasteiger partial charge in [0.25, 0.3) is 0 Å². The molecule has 1 aromatic rings. The second-order valence-electron chi connectivity index (χ2n) is 10.8. The van der Waals surface area contributed by atoms with Gasteiger partial charge in [0, 0.05) is 17.5 Å². The molecule has 3 aliphatic heterocycles. The highest BCUT2D eigenvalue weighted by Crippen LogP contribution is 2.68. The average Bonchev–Trinajstić information content (AvgIpc) is 3.42. The van der Waals surface area contributed by atoms with Crippen molar-refractivity contribution in [2.24, 2.45) is 23.7 Å². The molecule has 0 saturated carbocycles. The van der Waals surface area contributed by atoms with Crippen molar-refractivity contribution in [3.63, 3.8) is 0 Å². The summed E-state index contributed by atoms with van der Waals surface area (Å²) in [6.45, 7) is 8.65. The van der Waals surface area contributed by atoms with Crippen molar-refractivity contribution in [2.75, 3.05) is 18.5 Å². The van der Waals surface area contributed by atoms with Crippen LogP contribution in [0, 0.1) is 23.7 Å². The zero-order valence-corrected chi connectivity index (χ0v) is 22.0. The maximum Gasteiger partial charge on any atom is 0.244 e. The standard InChI is InChI=1S/C27H39N3O4S/c1-5-6-12-28-25(33)23-27-17(4)14-20(35-27)21(24(32)29-18-10-8-7-9-11-18)22(27)26(34)30(23)19(15-31)13-16(2)3/h7-11,16-17,19-23,31H,5-6,12-15H2,1-4H3,(H,28,33)(H,29,32)/t17?,19-,20+,21-,22+,23?,27?/m1/s1. The molecule has 8 heteroatoms. The van der Waals surface area contributed by atoms with Gasteiger partial charge in [0.15, 0.2) is 0 Å². The quantitative estimate of drug-likeness (QED) is 0.428.